The number of amides is 1. The van der Waals surface area contributed by atoms with Crippen LogP contribution in [0.5, 0.6) is 5.75 Å². The highest BCUT2D eigenvalue weighted by Gasteiger charge is 2.28. The van der Waals surface area contributed by atoms with Gasteiger partial charge in [0, 0.05) is 29.6 Å². The standard InChI is InChI=1S/C28H26N4O5S/c1-19-16-26(33)31-28(29-19)21-7-4-9-22(17-21)30-27(34)18-37-23-11-13-24(14-12-23)38(35,36)32-15-5-8-20-6-2-3-10-25(20)32/h2-4,6-7,9-14,16-17H,5,8,15,18H2,1H3,(H,30,34)(H,29,31,33). The fourth-order valence-electron chi connectivity index (χ4n) is 4.39. The molecule has 0 unspecified atom stereocenters. The normalized spacial score (nSPS) is 13.0. The number of sulfonamides is 1. The number of carbonyl (C=O) groups excluding carboxylic acids is 1. The summed E-state index contributed by atoms with van der Waals surface area (Å²) in [4.78, 5) is 31.4. The van der Waals surface area contributed by atoms with Crippen molar-refractivity contribution >= 4 is 27.3 Å². The Balaban J connectivity index is 1.22. The van der Waals surface area contributed by atoms with E-state index >= 15 is 0 Å². The zero-order chi connectivity index (χ0) is 26.7. The van der Waals surface area contributed by atoms with Gasteiger partial charge in [-0.1, -0.05) is 30.3 Å². The molecule has 0 radical (unpaired) electrons. The number of H-pyrrole nitrogens is 1. The van der Waals surface area contributed by atoms with E-state index in [1.165, 1.54) is 34.6 Å². The van der Waals surface area contributed by atoms with Gasteiger partial charge >= 0.3 is 0 Å². The Morgan fingerprint density at radius 1 is 1.05 bits per heavy atom. The highest BCUT2D eigenvalue weighted by atomic mass is 32.2. The van der Waals surface area contributed by atoms with Gasteiger partial charge in [0.1, 0.15) is 11.6 Å². The van der Waals surface area contributed by atoms with Crippen molar-refractivity contribution in [2.24, 2.45) is 0 Å². The van der Waals surface area contributed by atoms with E-state index in [1.54, 1.807) is 31.2 Å². The molecule has 0 spiro atoms. The number of para-hydroxylation sites is 1. The number of benzene rings is 3. The largest absolute Gasteiger partial charge is 0.484 e. The molecule has 5 rings (SSSR count). The smallest absolute Gasteiger partial charge is 0.264 e. The lowest BCUT2D eigenvalue weighted by Gasteiger charge is -2.30. The van der Waals surface area contributed by atoms with E-state index in [2.05, 4.69) is 15.3 Å². The minimum absolute atomic E-state index is 0.158. The van der Waals surface area contributed by atoms with Crippen LogP contribution < -0.4 is 19.9 Å². The number of nitrogens with zero attached hydrogens (tertiary/aromatic N) is 2. The lowest BCUT2D eigenvalue weighted by Crippen LogP contribution is -2.35. The second kappa shape index (κ2) is 10.5. The van der Waals surface area contributed by atoms with Crippen LogP contribution in [0.2, 0.25) is 0 Å². The molecule has 0 saturated heterocycles. The van der Waals surface area contributed by atoms with Crippen LogP contribution in [0.15, 0.2) is 88.6 Å². The Hall–Kier alpha value is -4.44. The molecule has 4 aromatic rings. The molecular formula is C28H26N4O5S. The first-order chi connectivity index (χ1) is 18.3. The van der Waals surface area contributed by atoms with E-state index in [9.17, 15) is 18.0 Å². The average Bonchev–Trinajstić information content (AvgIpc) is 2.91. The van der Waals surface area contributed by atoms with Crippen LogP contribution in [0, 0.1) is 6.92 Å². The average molecular weight is 531 g/mol. The third-order valence-corrected chi connectivity index (χ3v) is 7.97. The van der Waals surface area contributed by atoms with Crippen molar-refractivity contribution in [2.45, 2.75) is 24.7 Å². The first-order valence-electron chi connectivity index (χ1n) is 12.1. The molecule has 38 heavy (non-hydrogen) atoms. The van der Waals surface area contributed by atoms with E-state index in [-0.39, 0.29) is 17.1 Å². The SMILES string of the molecule is Cc1cc(=O)[nH]c(-c2cccc(NC(=O)COc3ccc(S(=O)(=O)N4CCCc5ccccc54)cc3)c2)n1. The van der Waals surface area contributed by atoms with Crippen molar-refractivity contribution in [1.29, 1.82) is 0 Å². The van der Waals surface area contributed by atoms with E-state index in [1.807, 2.05) is 24.3 Å². The van der Waals surface area contributed by atoms with E-state index < -0.39 is 15.9 Å². The van der Waals surface area contributed by atoms with Crippen molar-refractivity contribution < 1.29 is 17.9 Å². The number of nitrogens with one attached hydrogen (secondary N) is 2. The molecule has 1 aromatic heterocycles. The summed E-state index contributed by atoms with van der Waals surface area (Å²) in [5.41, 5.74) is 3.23. The highest BCUT2D eigenvalue weighted by Crippen LogP contribution is 2.32. The topological polar surface area (TPSA) is 121 Å². The van der Waals surface area contributed by atoms with Gasteiger partial charge in [0.05, 0.1) is 10.6 Å². The number of hydrogen-bond acceptors (Lipinski definition) is 6. The molecule has 9 nitrogen and oxygen atoms in total. The zero-order valence-electron chi connectivity index (χ0n) is 20.7. The number of fused-ring (bicyclic) bond motifs is 1. The molecular weight excluding hydrogens is 504 g/mol. The summed E-state index contributed by atoms with van der Waals surface area (Å²) in [6, 6.07) is 21.9. The summed E-state index contributed by atoms with van der Waals surface area (Å²) in [5, 5.41) is 2.75. The van der Waals surface area contributed by atoms with Gasteiger partial charge in [-0.3, -0.25) is 13.9 Å². The summed E-state index contributed by atoms with van der Waals surface area (Å²) in [6.45, 7) is 1.89. The van der Waals surface area contributed by atoms with Crippen LogP contribution in [-0.4, -0.2) is 37.4 Å². The predicted octanol–water partition coefficient (Wildman–Crippen LogP) is 3.90. The van der Waals surface area contributed by atoms with Gasteiger partial charge in [0.25, 0.3) is 21.5 Å². The number of hydrogen-bond donors (Lipinski definition) is 2. The van der Waals surface area contributed by atoms with Gasteiger partial charge < -0.3 is 15.0 Å². The van der Waals surface area contributed by atoms with Gasteiger partial charge in [-0.25, -0.2) is 13.4 Å². The highest BCUT2D eigenvalue weighted by molar-refractivity contribution is 7.92. The Bertz CT molecular complexity index is 1650. The van der Waals surface area contributed by atoms with Gasteiger partial charge in [-0.05, 0) is 67.8 Å². The number of aromatic nitrogens is 2. The van der Waals surface area contributed by atoms with E-state index in [0.29, 0.717) is 40.8 Å². The summed E-state index contributed by atoms with van der Waals surface area (Å²) < 4.78 is 33.6. The number of aromatic amines is 1. The third kappa shape index (κ3) is 5.45. The number of anilines is 2. The lowest BCUT2D eigenvalue weighted by molar-refractivity contribution is -0.118. The van der Waals surface area contributed by atoms with E-state index in [4.69, 9.17) is 4.74 Å². The third-order valence-electron chi connectivity index (χ3n) is 6.14. The van der Waals surface area contributed by atoms with Crippen molar-refractivity contribution in [3.63, 3.8) is 0 Å². The van der Waals surface area contributed by atoms with Gasteiger partial charge in [0.15, 0.2) is 6.61 Å². The predicted molar refractivity (Wildman–Crippen MR) is 145 cm³/mol. The van der Waals surface area contributed by atoms with Gasteiger partial charge in [0.2, 0.25) is 0 Å². The molecule has 194 valence electrons. The molecule has 0 fully saturated rings. The van der Waals surface area contributed by atoms with Crippen molar-refractivity contribution in [2.75, 3.05) is 22.8 Å². The van der Waals surface area contributed by atoms with E-state index in [0.717, 1.165) is 18.4 Å². The zero-order valence-corrected chi connectivity index (χ0v) is 21.5. The van der Waals surface area contributed by atoms with Crippen molar-refractivity contribution in [3.05, 3.63) is 100 Å². The molecule has 10 heteroatoms. The fourth-order valence-corrected chi connectivity index (χ4v) is 5.93. The Morgan fingerprint density at radius 3 is 2.63 bits per heavy atom. The van der Waals surface area contributed by atoms with Crippen LogP contribution in [0.25, 0.3) is 11.4 Å². The first kappa shape index (κ1) is 25.2. The van der Waals surface area contributed by atoms with Gasteiger partial charge in [-0.15, -0.1) is 0 Å². The minimum atomic E-state index is -3.73. The molecule has 0 aliphatic carbocycles. The second-order valence-corrected chi connectivity index (χ2v) is 10.8. The van der Waals surface area contributed by atoms with Crippen LogP contribution in [-0.2, 0) is 21.2 Å². The van der Waals surface area contributed by atoms with Gasteiger partial charge in [-0.2, -0.15) is 0 Å². The maximum Gasteiger partial charge on any atom is 0.264 e. The number of rotatable bonds is 7. The van der Waals surface area contributed by atoms with Crippen LogP contribution in [0.1, 0.15) is 17.7 Å². The maximum absolute atomic E-state index is 13.3. The Labute approximate surface area is 220 Å². The number of aryl methyl sites for hydroxylation is 2. The molecule has 0 atom stereocenters. The van der Waals surface area contributed by atoms with Crippen molar-refractivity contribution in [1.82, 2.24) is 9.97 Å². The summed E-state index contributed by atoms with van der Waals surface area (Å²) >= 11 is 0. The molecule has 2 N–H and O–H groups in total. The number of carbonyl (C=O) groups is 1. The molecule has 1 aliphatic rings. The Morgan fingerprint density at radius 2 is 1.84 bits per heavy atom. The molecule has 3 aromatic carbocycles. The molecule has 2 heterocycles. The number of ether oxygens (including phenoxy) is 1. The van der Waals surface area contributed by atoms with Crippen LogP contribution >= 0.6 is 0 Å². The summed E-state index contributed by atoms with van der Waals surface area (Å²) in [5.74, 6) is 0.383. The molecule has 1 aliphatic heterocycles. The quantitative estimate of drug-likeness (QED) is 0.374. The lowest BCUT2D eigenvalue weighted by atomic mass is 10.0. The van der Waals surface area contributed by atoms with Crippen LogP contribution in [0.3, 0.4) is 0 Å². The Kier molecular flexibility index (Phi) is 6.97. The second-order valence-electron chi connectivity index (χ2n) is 8.93. The van der Waals surface area contributed by atoms with Crippen LogP contribution in [0.4, 0.5) is 11.4 Å². The summed E-state index contributed by atoms with van der Waals surface area (Å²) in [6.07, 6.45) is 1.61. The minimum Gasteiger partial charge on any atom is -0.484 e. The summed E-state index contributed by atoms with van der Waals surface area (Å²) in [7, 11) is -3.73. The fraction of sp³-hybridized carbons (Fsp3) is 0.179. The monoisotopic (exact) mass is 530 g/mol. The molecule has 0 saturated carbocycles. The maximum atomic E-state index is 13.3. The first-order valence-corrected chi connectivity index (χ1v) is 13.6. The molecule has 0 bridgehead atoms. The molecule has 1 amide bonds. The van der Waals surface area contributed by atoms with Crippen molar-refractivity contribution in [3.8, 4) is 17.1 Å².